The molecule has 10 heteroatoms. The van der Waals surface area contributed by atoms with Crippen LogP contribution in [0.2, 0.25) is 5.02 Å². The number of aromatic nitrogens is 1. The number of halogens is 1. The number of benzene rings is 1. The van der Waals surface area contributed by atoms with Gasteiger partial charge in [-0.05, 0) is 37.5 Å². The van der Waals surface area contributed by atoms with Crippen LogP contribution in [0.4, 0.5) is 0 Å². The number of methoxy groups -OCH3 is 1. The zero-order valence-corrected chi connectivity index (χ0v) is 17.7. The standard InChI is InChI=1S/C21H21ClN2O7/c1-11-19(30-21(25)13-7-17(28-2)18(8-13)31-24(26)27)16-10-29-20(15(16)9-23-11)12-3-5-14(22)6-4-12/h3-6,9,13,17-18,20H,7-8,10H2,1-2H3/t13-,17+,18+,20-/m0/s1. The molecule has 1 saturated carbocycles. The Morgan fingerprint density at radius 2 is 1.97 bits per heavy atom. The number of pyridine rings is 1. The summed E-state index contributed by atoms with van der Waals surface area (Å²) in [5, 5.41) is 10.5. The Balaban J connectivity index is 1.54. The van der Waals surface area contributed by atoms with Gasteiger partial charge in [0, 0.05) is 29.5 Å². The van der Waals surface area contributed by atoms with Gasteiger partial charge < -0.3 is 19.0 Å². The number of esters is 1. The first-order valence-corrected chi connectivity index (χ1v) is 10.2. The maximum atomic E-state index is 12.9. The van der Waals surface area contributed by atoms with Crippen molar-refractivity contribution < 1.29 is 28.9 Å². The molecule has 2 aliphatic rings. The SMILES string of the molecule is CO[C@@H]1C[C@H](C(=O)Oc2c(C)ncc3c2CO[C@H]3c2ccc(Cl)cc2)C[C@H]1O[N+](=O)[O-]. The van der Waals surface area contributed by atoms with Gasteiger partial charge in [-0.1, -0.05) is 23.7 Å². The van der Waals surface area contributed by atoms with Crippen LogP contribution in [-0.2, 0) is 25.7 Å². The van der Waals surface area contributed by atoms with E-state index in [0.29, 0.717) is 16.5 Å². The molecule has 31 heavy (non-hydrogen) atoms. The minimum atomic E-state index is -0.864. The topological polar surface area (TPSA) is 110 Å². The Kier molecular flexibility index (Phi) is 6.08. The van der Waals surface area contributed by atoms with Gasteiger partial charge in [0.05, 0.1) is 24.3 Å². The van der Waals surface area contributed by atoms with E-state index >= 15 is 0 Å². The van der Waals surface area contributed by atoms with Crippen LogP contribution in [0, 0.1) is 23.0 Å². The van der Waals surface area contributed by atoms with Crippen molar-refractivity contribution in [3.63, 3.8) is 0 Å². The number of rotatable bonds is 6. The molecular formula is C21H21ClN2O7. The number of ether oxygens (including phenoxy) is 3. The number of carbonyl (C=O) groups excluding carboxylic acids is 1. The van der Waals surface area contributed by atoms with Crippen LogP contribution in [0.5, 0.6) is 5.75 Å². The highest BCUT2D eigenvalue weighted by Crippen LogP contribution is 2.41. The molecule has 1 aromatic heterocycles. The van der Waals surface area contributed by atoms with Crippen molar-refractivity contribution in [2.24, 2.45) is 5.92 Å². The molecular weight excluding hydrogens is 428 g/mol. The zero-order valence-electron chi connectivity index (χ0n) is 16.9. The third-order valence-corrected chi connectivity index (χ3v) is 5.96. The molecule has 0 spiro atoms. The fraction of sp³-hybridized carbons (Fsp3) is 0.429. The lowest BCUT2D eigenvalue weighted by molar-refractivity contribution is -0.770. The summed E-state index contributed by atoms with van der Waals surface area (Å²) < 4.78 is 16.9. The summed E-state index contributed by atoms with van der Waals surface area (Å²) in [6, 6.07) is 7.34. The fourth-order valence-electron chi connectivity index (χ4n) is 4.14. The van der Waals surface area contributed by atoms with E-state index in [0.717, 1.165) is 16.7 Å². The molecule has 0 radical (unpaired) electrons. The molecule has 0 amide bonds. The van der Waals surface area contributed by atoms with Crippen molar-refractivity contribution >= 4 is 17.6 Å². The Morgan fingerprint density at radius 3 is 2.65 bits per heavy atom. The minimum absolute atomic E-state index is 0.143. The van der Waals surface area contributed by atoms with Gasteiger partial charge in [-0.3, -0.25) is 9.78 Å². The molecule has 1 aliphatic heterocycles. The van der Waals surface area contributed by atoms with Crippen LogP contribution >= 0.6 is 11.6 Å². The van der Waals surface area contributed by atoms with Crippen LogP contribution < -0.4 is 4.74 Å². The van der Waals surface area contributed by atoms with E-state index in [-0.39, 0.29) is 25.6 Å². The highest BCUT2D eigenvalue weighted by atomic mass is 35.5. The molecule has 4 atom stereocenters. The summed E-state index contributed by atoms with van der Waals surface area (Å²) in [6.45, 7) is 2.02. The molecule has 1 aromatic carbocycles. The normalized spacial score (nSPS) is 24.6. The van der Waals surface area contributed by atoms with Crippen LogP contribution in [0.15, 0.2) is 30.5 Å². The van der Waals surface area contributed by atoms with Gasteiger partial charge in [0.1, 0.15) is 12.2 Å². The highest BCUT2D eigenvalue weighted by Gasteiger charge is 2.42. The van der Waals surface area contributed by atoms with E-state index in [2.05, 4.69) is 9.82 Å². The largest absolute Gasteiger partial charge is 0.424 e. The molecule has 0 unspecified atom stereocenters. The van der Waals surface area contributed by atoms with Gasteiger partial charge in [-0.15, -0.1) is 10.1 Å². The van der Waals surface area contributed by atoms with E-state index < -0.39 is 29.2 Å². The van der Waals surface area contributed by atoms with Gasteiger partial charge in [0.15, 0.2) is 5.75 Å². The number of carbonyl (C=O) groups is 1. The highest BCUT2D eigenvalue weighted by molar-refractivity contribution is 6.30. The van der Waals surface area contributed by atoms with E-state index in [4.69, 9.17) is 25.8 Å². The first-order valence-electron chi connectivity index (χ1n) is 9.78. The Hall–Kier alpha value is -2.75. The predicted molar refractivity (Wildman–Crippen MR) is 108 cm³/mol. The van der Waals surface area contributed by atoms with E-state index in [1.54, 1.807) is 25.3 Å². The summed E-state index contributed by atoms with van der Waals surface area (Å²) in [6.07, 6.45) is 0.450. The Bertz CT molecular complexity index is 998. The van der Waals surface area contributed by atoms with Crippen LogP contribution in [0.1, 0.15) is 41.3 Å². The maximum absolute atomic E-state index is 12.9. The Morgan fingerprint density at radius 1 is 1.26 bits per heavy atom. The average Bonchev–Trinajstić information content (AvgIpc) is 3.34. The maximum Gasteiger partial charge on any atom is 0.314 e. The molecule has 1 aliphatic carbocycles. The lowest BCUT2D eigenvalue weighted by Gasteiger charge is -2.15. The second-order valence-electron chi connectivity index (χ2n) is 7.58. The molecule has 164 valence electrons. The Labute approximate surface area is 183 Å². The first-order chi connectivity index (χ1) is 14.9. The average molecular weight is 449 g/mol. The first kappa shape index (κ1) is 21.5. The van der Waals surface area contributed by atoms with Crippen LogP contribution in [0.3, 0.4) is 0 Å². The van der Waals surface area contributed by atoms with Crippen molar-refractivity contribution in [2.45, 2.75) is 44.7 Å². The summed E-state index contributed by atoms with van der Waals surface area (Å²) in [5.74, 6) is -0.712. The fourth-order valence-corrected chi connectivity index (χ4v) is 4.26. The smallest absolute Gasteiger partial charge is 0.314 e. The lowest BCUT2D eigenvalue weighted by Crippen LogP contribution is -2.27. The summed E-state index contributed by atoms with van der Waals surface area (Å²) in [7, 11) is 1.43. The van der Waals surface area contributed by atoms with Crippen molar-refractivity contribution in [3.05, 3.63) is 68.0 Å². The molecule has 0 bridgehead atoms. The van der Waals surface area contributed by atoms with Gasteiger partial charge in [-0.25, -0.2) is 0 Å². The van der Waals surface area contributed by atoms with Crippen molar-refractivity contribution in [1.29, 1.82) is 0 Å². The van der Waals surface area contributed by atoms with Crippen LogP contribution in [0.25, 0.3) is 0 Å². The zero-order chi connectivity index (χ0) is 22.1. The van der Waals surface area contributed by atoms with Gasteiger partial charge >= 0.3 is 5.97 Å². The van der Waals surface area contributed by atoms with Crippen molar-refractivity contribution in [2.75, 3.05) is 7.11 Å². The van der Waals surface area contributed by atoms with Gasteiger partial charge in [0.2, 0.25) is 0 Å². The molecule has 2 heterocycles. The number of aryl methyl sites for hydroxylation is 1. The van der Waals surface area contributed by atoms with Crippen LogP contribution in [-0.4, -0.2) is 35.4 Å². The number of hydrogen-bond acceptors (Lipinski definition) is 8. The van der Waals surface area contributed by atoms with Gasteiger partial charge in [0.25, 0.3) is 5.09 Å². The summed E-state index contributed by atoms with van der Waals surface area (Å²) in [4.78, 5) is 32.6. The molecule has 0 saturated heterocycles. The minimum Gasteiger partial charge on any atom is -0.424 e. The summed E-state index contributed by atoms with van der Waals surface area (Å²) in [5.41, 5.74) is 3.07. The second kappa shape index (κ2) is 8.78. The van der Waals surface area contributed by atoms with E-state index in [1.165, 1.54) is 7.11 Å². The van der Waals surface area contributed by atoms with Crippen molar-refractivity contribution in [3.8, 4) is 5.75 Å². The van der Waals surface area contributed by atoms with Crippen molar-refractivity contribution in [1.82, 2.24) is 4.98 Å². The quantitative estimate of drug-likeness (QED) is 0.374. The lowest BCUT2D eigenvalue weighted by atomic mass is 10.00. The molecule has 0 N–H and O–H groups in total. The number of hydrogen-bond donors (Lipinski definition) is 0. The molecule has 9 nitrogen and oxygen atoms in total. The monoisotopic (exact) mass is 448 g/mol. The number of nitrogens with zero attached hydrogens (tertiary/aromatic N) is 2. The third-order valence-electron chi connectivity index (χ3n) is 5.71. The molecule has 4 rings (SSSR count). The molecule has 2 aromatic rings. The van der Waals surface area contributed by atoms with E-state index in [1.807, 2.05) is 12.1 Å². The summed E-state index contributed by atoms with van der Waals surface area (Å²) >= 11 is 5.98. The predicted octanol–water partition coefficient (Wildman–Crippen LogP) is 3.57. The number of fused-ring (bicyclic) bond motifs is 1. The van der Waals surface area contributed by atoms with E-state index in [9.17, 15) is 14.9 Å². The van der Waals surface area contributed by atoms with Gasteiger partial charge in [-0.2, -0.15) is 0 Å². The molecule has 1 fully saturated rings. The third kappa shape index (κ3) is 4.34. The second-order valence-corrected chi connectivity index (χ2v) is 8.02.